The fourth-order valence-electron chi connectivity index (χ4n) is 5.04. The van der Waals surface area contributed by atoms with Crippen molar-refractivity contribution < 1.29 is 10.2 Å². The Kier molecular flexibility index (Phi) is 7.88. The molecule has 0 saturated heterocycles. The maximum Gasteiger partial charge on any atom is 0.123 e. The fourth-order valence-corrected chi connectivity index (χ4v) is 5.04. The molecule has 0 radical (unpaired) electrons. The van der Waals surface area contributed by atoms with E-state index in [0.717, 1.165) is 44.5 Å². The fraction of sp³-hybridized carbons (Fsp3) is 0.613. The Morgan fingerprint density at radius 3 is 0.943 bits per heavy atom. The van der Waals surface area contributed by atoms with E-state index in [0.29, 0.717) is 19.5 Å². The van der Waals surface area contributed by atoms with Crippen LogP contribution >= 0.6 is 0 Å². The van der Waals surface area contributed by atoms with Crippen molar-refractivity contribution in [2.24, 2.45) is 11.5 Å². The molecule has 2 rings (SSSR count). The van der Waals surface area contributed by atoms with Crippen molar-refractivity contribution in [2.75, 3.05) is 0 Å². The minimum Gasteiger partial charge on any atom is -0.507 e. The van der Waals surface area contributed by atoms with Crippen molar-refractivity contribution in [1.82, 2.24) is 0 Å². The number of aromatic hydroxyl groups is 2. The molecule has 196 valence electrons. The lowest BCUT2D eigenvalue weighted by molar-refractivity contribution is 0.431. The van der Waals surface area contributed by atoms with Gasteiger partial charge in [0.2, 0.25) is 0 Å². The molecule has 0 aromatic heterocycles. The predicted molar refractivity (Wildman–Crippen MR) is 150 cm³/mol. The van der Waals surface area contributed by atoms with Crippen LogP contribution in [0.2, 0.25) is 0 Å². The summed E-state index contributed by atoms with van der Waals surface area (Å²) in [6.07, 6.45) is 0.372. The third-order valence-corrected chi connectivity index (χ3v) is 7.03. The van der Waals surface area contributed by atoms with Gasteiger partial charge in [0.15, 0.2) is 0 Å². The smallest absolute Gasteiger partial charge is 0.123 e. The van der Waals surface area contributed by atoms with Crippen LogP contribution in [0.5, 0.6) is 11.5 Å². The second kappa shape index (κ2) is 9.44. The van der Waals surface area contributed by atoms with Crippen molar-refractivity contribution in [1.29, 1.82) is 0 Å². The van der Waals surface area contributed by atoms with Crippen LogP contribution in [0.3, 0.4) is 0 Å². The molecule has 0 heterocycles. The second-order valence-corrected chi connectivity index (χ2v) is 14.1. The van der Waals surface area contributed by atoms with Crippen molar-refractivity contribution in [3.8, 4) is 11.5 Å². The average molecular weight is 483 g/mol. The van der Waals surface area contributed by atoms with E-state index in [1.165, 1.54) is 0 Å². The first kappa shape index (κ1) is 29.2. The Labute approximate surface area is 214 Å². The van der Waals surface area contributed by atoms with Crippen LogP contribution in [0.15, 0.2) is 12.1 Å². The van der Waals surface area contributed by atoms with Crippen LogP contribution < -0.4 is 11.5 Å². The number of nitrogens with two attached hydrogens (primary N) is 2. The molecule has 2 aromatic rings. The Bertz CT molecular complexity index is 998. The van der Waals surface area contributed by atoms with E-state index < -0.39 is 0 Å². The molecule has 0 fully saturated rings. The highest BCUT2D eigenvalue weighted by atomic mass is 16.3. The van der Waals surface area contributed by atoms with Crippen LogP contribution in [-0.2, 0) is 41.2 Å². The molecular weight excluding hydrogens is 432 g/mol. The first-order valence-corrected chi connectivity index (χ1v) is 12.8. The third kappa shape index (κ3) is 5.86. The number of hydrogen-bond donors (Lipinski definition) is 4. The van der Waals surface area contributed by atoms with E-state index in [4.69, 9.17) is 11.5 Å². The summed E-state index contributed by atoms with van der Waals surface area (Å²) in [6, 6.07) is 4.24. The molecular formula is C31H50N2O2. The Morgan fingerprint density at radius 2 is 0.743 bits per heavy atom. The van der Waals surface area contributed by atoms with Crippen LogP contribution in [-0.4, -0.2) is 10.2 Å². The molecule has 0 amide bonds. The zero-order valence-corrected chi connectivity index (χ0v) is 24.3. The van der Waals surface area contributed by atoms with Gasteiger partial charge in [-0.2, -0.15) is 0 Å². The van der Waals surface area contributed by atoms with Crippen LogP contribution in [0, 0.1) is 0 Å². The summed E-state index contributed by atoms with van der Waals surface area (Å²) in [7, 11) is 0. The van der Waals surface area contributed by atoms with Gasteiger partial charge in [0.25, 0.3) is 0 Å². The minimum absolute atomic E-state index is 0.153. The first-order chi connectivity index (χ1) is 15.7. The molecule has 0 saturated carbocycles. The highest BCUT2D eigenvalue weighted by Gasteiger charge is 2.32. The van der Waals surface area contributed by atoms with E-state index in [9.17, 15) is 10.2 Å². The highest BCUT2D eigenvalue weighted by Crippen LogP contribution is 2.45. The van der Waals surface area contributed by atoms with Gasteiger partial charge in [-0.1, -0.05) is 95.2 Å². The predicted octanol–water partition coefficient (Wildman–Crippen LogP) is 6.80. The molecule has 0 aliphatic carbocycles. The van der Waals surface area contributed by atoms with Gasteiger partial charge in [-0.25, -0.2) is 0 Å². The molecule has 4 heteroatoms. The summed E-state index contributed by atoms with van der Waals surface area (Å²) in [5.74, 6) is 0.540. The van der Waals surface area contributed by atoms with Crippen LogP contribution in [0.1, 0.15) is 128 Å². The van der Waals surface area contributed by atoms with E-state index >= 15 is 0 Å². The summed E-state index contributed by atoms with van der Waals surface area (Å²) in [5, 5.41) is 23.3. The lowest BCUT2D eigenvalue weighted by Crippen LogP contribution is -2.24. The Morgan fingerprint density at radius 1 is 0.486 bits per heavy atom. The van der Waals surface area contributed by atoms with Gasteiger partial charge >= 0.3 is 0 Å². The summed E-state index contributed by atoms with van der Waals surface area (Å²) >= 11 is 0. The van der Waals surface area contributed by atoms with Gasteiger partial charge in [0, 0.05) is 30.6 Å². The van der Waals surface area contributed by atoms with Crippen molar-refractivity contribution in [3.05, 3.63) is 56.6 Å². The van der Waals surface area contributed by atoms with Crippen molar-refractivity contribution >= 4 is 0 Å². The van der Waals surface area contributed by atoms with E-state index in [1.54, 1.807) is 0 Å². The lowest BCUT2D eigenvalue weighted by Gasteiger charge is -2.33. The summed E-state index contributed by atoms with van der Waals surface area (Å²) in [6.45, 7) is 26.3. The van der Waals surface area contributed by atoms with Gasteiger partial charge in [0.05, 0.1) is 0 Å². The first-order valence-electron chi connectivity index (χ1n) is 12.8. The minimum atomic E-state index is -0.255. The number of phenolic OH excluding ortho intramolecular Hbond substituents is 2. The molecule has 0 spiro atoms. The third-order valence-electron chi connectivity index (χ3n) is 7.03. The molecule has 6 N–H and O–H groups in total. The topological polar surface area (TPSA) is 92.5 Å². The summed E-state index contributed by atoms with van der Waals surface area (Å²) < 4.78 is 0. The zero-order valence-electron chi connectivity index (χ0n) is 24.3. The largest absolute Gasteiger partial charge is 0.507 e. The van der Waals surface area contributed by atoms with E-state index in [-0.39, 0.29) is 33.2 Å². The Hall–Kier alpha value is -2.04. The SMILES string of the molecule is CC(C)(C)c1cc(C(C)(C)C)c(CN)c(Cc2c(O)c(C(C)(C)C)cc(C(C)(C)C)c2CN)c1O. The van der Waals surface area contributed by atoms with Crippen LogP contribution in [0.4, 0.5) is 0 Å². The molecule has 0 aliphatic rings. The van der Waals surface area contributed by atoms with Gasteiger partial charge < -0.3 is 21.7 Å². The van der Waals surface area contributed by atoms with Gasteiger partial charge in [-0.05, 0) is 55.0 Å². The molecule has 4 nitrogen and oxygen atoms in total. The molecule has 0 unspecified atom stereocenters. The quantitative estimate of drug-likeness (QED) is 0.386. The van der Waals surface area contributed by atoms with Gasteiger partial charge in [-0.3, -0.25) is 0 Å². The van der Waals surface area contributed by atoms with Crippen molar-refractivity contribution in [3.63, 3.8) is 0 Å². The standard InChI is InChI=1S/C31H50N2O2/c1-28(2,3)22-14-24(30(7,8)9)26(34)18(20(22)16-32)13-19-21(17-33)23(29(4,5)6)15-25(27(19)35)31(10,11)12/h14-15,34-35H,13,16-17,32-33H2,1-12H3. The number of benzene rings is 2. The monoisotopic (exact) mass is 482 g/mol. The molecule has 35 heavy (non-hydrogen) atoms. The maximum atomic E-state index is 11.6. The second-order valence-electron chi connectivity index (χ2n) is 14.1. The molecule has 0 bridgehead atoms. The van der Waals surface area contributed by atoms with Gasteiger partial charge in [0.1, 0.15) is 11.5 Å². The van der Waals surface area contributed by atoms with Crippen molar-refractivity contribution in [2.45, 2.75) is 124 Å². The lowest BCUT2D eigenvalue weighted by atomic mass is 9.73. The van der Waals surface area contributed by atoms with Gasteiger partial charge in [-0.15, -0.1) is 0 Å². The normalized spacial score (nSPS) is 13.4. The van der Waals surface area contributed by atoms with E-state index in [2.05, 4.69) is 95.2 Å². The number of rotatable bonds is 4. The zero-order chi connectivity index (χ0) is 27.3. The number of phenols is 2. The Balaban J connectivity index is 3.06. The van der Waals surface area contributed by atoms with E-state index in [1.807, 2.05) is 0 Å². The summed E-state index contributed by atoms with van der Waals surface area (Å²) in [4.78, 5) is 0. The molecule has 0 atom stereocenters. The molecule has 2 aromatic carbocycles. The highest BCUT2D eigenvalue weighted by molar-refractivity contribution is 5.60. The van der Waals surface area contributed by atoms with Crippen LogP contribution in [0.25, 0.3) is 0 Å². The molecule has 0 aliphatic heterocycles. The summed E-state index contributed by atoms with van der Waals surface area (Å²) in [5.41, 5.74) is 19.4. The number of hydrogen-bond acceptors (Lipinski definition) is 4. The average Bonchev–Trinajstić information content (AvgIpc) is 2.66. The maximum absolute atomic E-state index is 11.6.